The van der Waals surface area contributed by atoms with Crippen molar-refractivity contribution in [3.8, 4) is 5.69 Å². The summed E-state index contributed by atoms with van der Waals surface area (Å²) in [4.78, 5) is 22.1. The van der Waals surface area contributed by atoms with Gasteiger partial charge in [0.15, 0.2) is 5.69 Å². The van der Waals surface area contributed by atoms with Crippen molar-refractivity contribution in [2.75, 3.05) is 19.6 Å². The lowest BCUT2D eigenvalue weighted by Gasteiger charge is -2.26. The molecule has 2 heterocycles. The summed E-state index contributed by atoms with van der Waals surface area (Å²) < 4.78 is 1.52. The molecule has 0 bridgehead atoms. The highest BCUT2D eigenvalue weighted by molar-refractivity contribution is 5.92. The zero-order chi connectivity index (χ0) is 15.5. The summed E-state index contributed by atoms with van der Waals surface area (Å²) in [7, 11) is 0. The predicted molar refractivity (Wildman–Crippen MR) is 78.9 cm³/mol. The fourth-order valence-corrected chi connectivity index (χ4v) is 2.14. The molecule has 1 aliphatic rings. The molecule has 22 heavy (non-hydrogen) atoms. The molecular weight excluding hydrogens is 286 g/mol. The third-order valence-corrected chi connectivity index (χ3v) is 3.56. The fourth-order valence-electron chi connectivity index (χ4n) is 2.14. The van der Waals surface area contributed by atoms with E-state index in [1.54, 1.807) is 24.4 Å². The highest BCUT2D eigenvalue weighted by Gasteiger charge is 2.18. The first-order valence-corrected chi connectivity index (χ1v) is 6.93. The van der Waals surface area contributed by atoms with Crippen LogP contribution in [0.1, 0.15) is 10.5 Å². The van der Waals surface area contributed by atoms with E-state index in [-0.39, 0.29) is 11.6 Å². The Morgan fingerprint density at radius 2 is 2.09 bits per heavy atom. The predicted octanol–water partition coefficient (Wildman–Crippen LogP) is 0.730. The molecule has 1 saturated heterocycles. The van der Waals surface area contributed by atoms with Crippen LogP contribution in [0.3, 0.4) is 0 Å². The van der Waals surface area contributed by atoms with Crippen LogP contribution in [0.2, 0.25) is 0 Å². The smallest absolute Gasteiger partial charge is 0.271 e. The highest BCUT2D eigenvalue weighted by Crippen LogP contribution is 2.15. The number of non-ortho nitro benzene ring substituents is 1. The standard InChI is InChI=1S/C14H15N5O3/c20-14(16-9-10-7-15-8-10)13-5-6-18(17-13)11-1-3-12(4-2-11)19(21)22/h1-6,10,15H,7-9H2,(H,16,20). The van der Waals surface area contributed by atoms with E-state index in [0.29, 0.717) is 23.8 Å². The lowest BCUT2D eigenvalue weighted by atomic mass is 10.0. The maximum atomic E-state index is 12.0. The van der Waals surface area contributed by atoms with Gasteiger partial charge >= 0.3 is 0 Å². The lowest BCUT2D eigenvalue weighted by molar-refractivity contribution is -0.384. The van der Waals surface area contributed by atoms with Crippen LogP contribution in [-0.4, -0.2) is 40.2 Å². The van der Waals surface area contributed by atoms with Crippen LogP contribution >= 0.6 is 0 Å². The number of carbonyl (C=O) groups excluding carboxylic acids is 1. The normalized spacial score (nSPS) is 14.4. The maximum absolute atomic E-state index is 12.0. The molecule has 8 nitrogen and oxygen atoms in total. The number of carbonyl (C=O) groups is 1. The van der Waals surface area contributed by atoms with E-state index in [2.05, 4.69) is 15.7 Å². The summed E-state index contributed by atoms with van der Waals surface area (Å²) in [5.41, 5.74) is 1.00. The van der Waals surface area contributed by atoms with Crippen LogP contribution in [0.25, 0.3) is 5.69 Å². The molecule has 1 aromatic carbocycles. The van der Waals surface area contributed by atoms with Crippen LogP contribution in [0, 0.1) is 16.0 Å². The Morgan fingerprint density at radius 1 is 1.36 bits per heavy atom. The largest absolute Gasteiger partial charge is 0.350 e. The SMILES string of the molecule is O=C(NCC1CNC1)c1ccn(-c2ccc([N+](=O)[O-])cc2)n1. The number of nitrogens with zero attached hydrogens (tertiary/aromatic N) is 3. The minimum absolute atomic E-state index is 0.0166. The van der Waals surface area contributed by atoms with Crippen molar-refractivity contribution in [1.82, 2.24) is 20.4 Å². The topological polar surface area (TPSA) is 102 Å². The first kappa shape index (κ1) is 14.2. The van der Waals surface area contributed by atoms with Gasteiger partial charge in [-0.15, -0.1) is 0 Å². The summed E-state index contributed by atoms with van der Waals surface area (Å²) in [5, 5.41) is 20.8. The molecular formula is C14H15N5O3. The van der Waals surface area contributed by atoms with E-state index in [1.165, 1.54) is 16.8 Å². The van der Waals surface area contributed by atoms with Gasteiger partial charge in [0, 0.05) is 43.9 Å². The summed E-state index contributed by atoms with van der Waals surface area (Å²) in [6.45, 7) is 2.49. The van der Waals surface area contributed by atoms with Gasteiger partial charge in [-0.25, -0.2) is 4.68 Å². The van der Waals surface area contributed by atoms with E-state index >= 15 is 0 Å². The van der Waals surface area contributed by atoms with Crippen LogP contribution in [0.4, 0.5) is 5.69 Å². The van der Waals surface area contributed by atoms with Crippen LogP contribution in [0.5, 0.6) is 0 Å². The Balaban J connectivity index is 1.66. The van der Waals surface area contributed by atoms with Crippen molar-refractivity contribution >= 4 is 11.6 Å². The van der Waals surface area contributed by atoms with E-state index in [9.17, 15) is 14.9 Å². The molecule has 8 heteroatoms. The number of rotatable bonds is 5. The maximum Gasteiger partial charge on any atom is 0.271 e. The lowest BCUT2D eigenvalue weighted by Crippen LogP contribution is -2.48. The van der Waals surface area contributed by atoms with E-state index < -0.39 is 4.92 Å². The van der Waals surface area contributed by atoms with Gasteiger partial charge in [-0.2, -0.15) is 5.10 Å². The molecule has 2 aromatic rings. The molecule has 1 aromatic heterocycles. The Morgan fingerprint density at radius 3 is 2.68 bits per heavy atom. The van der Waals surface area contributed by atoms with Gasteiger partial charge in [-0.3, -0.25) is 14.9 Å². The van der Waals surface area contributed by atoms with Gasteiger partial charge in [0.25, 0.3) is 11.6 Å². The second kappa shape index (κ2) is 5.94. The monoisotopic (exact) mass is 301 g/mol. The number of nitro benzene ring substituents is 1. The first-order valence-electron chi connectivity index (χ1n) is 6.93. The van der Waals surface area contributed by atoms with Gasteiger partial charge in [0.2, 0.25) is 0 Å². The molecule has 0 unspecified atom stereocenters. The molecule has 3 rings (SSSR count). The summed E-state index contributed by atoms with van der Waals surface area (Å²) in [5.74, 6) is 0.272. The number of hydrogen-bond donors (Lipinski definition) is 2. The number of nitro groups is 1. The molecule has 0 radical (unpaired) electrons. The molecule has 1 fully saturated rings. The van der Waals surface area contributed by atoms with Crippen molar-refractivity contribution < 1.29 is 9.72 Å². The summed E-state index contributed by atoms with van der Waals surface area (Å²) in [6, 6.07) is 7.61. The van der Waals surface area contributed by atoms with Crippen molar-refractivity contribution in [1.29, 1.82) is 0 Å². The molecule has 1 aliphatic heterocycles. The minimum atomic E-state index is -0.457. The number of amides is 1. The van der Waals surface area contributed by atoms with Crippen molar-refractivity contribution in [3.05, 3.63) is 52.3 Å². The highest BCUT2D eigenvalue weighted by atomic mass is 16.6. The average molecular weight is 301 g/mol. The van der Waals surface area contributed by atoms with Crippen LogP contribution < -0.4 is 10.6 Å². The molecule has 0 aliphatic carbocycles. The Labute approximate surface area is 126 Å². The van der Waals surface area contributed by atoms with Crippen LogP contribution in [0.15, 0.2) is 36.5 Å². The average Bonchev–Trinajstić information content (AvgIpc) is 2.95. The molecule has 1 amide bonds. The van der Waals surface area contributed by atoms with E-state index in [4.69, 9.17) is 0 Å². The third kappa shape index (κ3) is 2.96. The Hall–Kier alpha value is -2.74. The van der Waals surface area contributed by atoms with Crippen molar-refractivity contribution in [2.45, 2.75) is 0 Å². The van der Waals surface area contributed by atoms with Gasteiger partial charge in [0.05, 0.1) is 10.6 Å². The van der Waals surface area contributed by atoms with Gasteiger partial charge in [0.1, 0.15) is 0 Å². The second-order valence-corrected chi connectivity index (χ2v) is 5.15. The zero-order valence-electron chi connectivity index (χ0n) is 11.7. The van der Waals surface area contributed by atoms with Gasteiger partial charge in [-0.05, 0) is 18.2 Å². The quantitative estimate of drug-likeness (QED) is 0.626. The Bertz CT molecular complexity index is 691. The number of benzene rings is 1. The van der Waals surface area contributed by atoms with Crippen LogP contribution in [-0.2, 0) is 0 Å². The molecule has 0 spiro atoms. The molecule has 114 valence electrons. The van der Waals surface area contributed by atoms with Gasteiger partial charge in [-0.1, -0.05) is 0 Å². The third-order valence-electron chi connectivity index (χ3n) is 3.56. The van der Waals surface area contributed by atoms with E-state index in [0.717, 1.165) is 13.1 Å². The van der Waals surface area contributed by atoms with Crippen molar-refractivity contribution in [3.63, 3.8) is 0 Å². The number of nitrogens with one attached hydrogen (secondary N) is 2. The van der Waals surface area contributed by atoms with Crippen molar-refractivity contribution in [2.24, 2.45) is 5.92 Å². The zero-order valence-corrected chi connectivity index (χ0v) is 11.7. The Kier molecular flexibility index (Phi) is 3.84. The molecule has 0 saturated carbocycles. The summed E-state index contributed by atoms with van der Waals surface area (Å²) >= 11 is 0. The van der Waals surface area contributed by atoms with Gasteiger partial charge < -0.3 is 10.6 Å². The second-order valence-electron chi connectivity index (χ2n) is 5.15. The molecule has 0 atom stereocenters. The van der Waals surface area contributed by atoms with E-state index in [1.807, 2.05) is 0 Å². The molecule has 2 N–H and O–H groups in total. The number of hydrogen-bond acceptors (Lipinski definition) is 5. The number of aromatic nitrogens is 2. The summed E-state index contributed by atoms with van der Waals surface area (Å²) in [6.07, 6.45) is 1.65. The fraction of sp³-hybridized carbons (Fsp3) is 0.286. The first-order chi connectivity index (χ1) is 10.6. The minimum Gasteiger partial charge on any atom is -0.350 e.